The number of hydrogen-bond donors (Lipinski definition) is 0. The molecule has 7 saturated heterocycles. The first-order chi connectivity index (χ1) is 9.06. The standard InChI is InChI=1S/C15H24N4/c1-14(2)18-9-4-6-11-15(3)12-7-5-10(13(9)15)19(14)17(12)8-16(11)18/h9-13H,4-8H2,1-3H3/t9-,10+,11+,12-,13?,15?. The van der Waals surface area contributed by atoms with E-state index in [1.54, 1.807) is 0 Å². The summed E-state index contributed by atoms with van der Waals surface area (Å²) >= 11 is 0. The smallest absolute Gasteiger partial charge is 0.0955 e. The minimum Gasteiger partial charge on any atom is -0.220 e. The zero-order chi connectivity index (χ0) is 12.7. The van der Waals surface area contributed by atoms with Gasteiger partial charge in [0.15, 0.2) is 0 Å². The van der Waals surface area contributed by atoms with E-state index < -0.39 is 0 Å². The fraction of sp³-hybridized carbons (Fsp3) is 1.00. The number of rotatable bonds is 0. The van der Waals surface area contributed by atoms with E-state index in [4.69, 9.17) is 0 Å². The molecule has 4 heteroatoms. The molecular weight excluding hydrogens is 236 g/mol. The predicted octanol–water partition coefficient (Wildman–Crippen LogP) is 1.46. The lowest BCUT2D eigenvalue weighted by Gasteiger charge is -2.86. The summed E-state index contributed by atoms with van der Waals surface area (Å²) in [4.78, 5) is 0. The summed E-state index contributed by atoms with van der Waals surface area (Å²) in [5.41, 5.74) is 0.788. The zero-order valence-corrected chi connectivity index (χ0v) is 12.2. The quantitative estimate of drug-likeness (QED) is 0.653. The minimum atomic E-state index is 0.211. The summed E-state index contributed by atoms with van der Waals surface area (Å²) in [7, 11) is 0. The summed E-state index contributed by atoms with van der Waals surface area (Å²) in [6.07, 6.45) is 5.78. The van der Waals surface area contributed by atoms with Gasteiger partial charge in [0.2, 0.25) is 0 Å². The molecule has 0 N–H and O–H groups in total. The molecule has 7 aliphatic heterocycles. The molecule has 9 aliphatic rings. The SMILES string of the molecule is CC12C3[C@H]4CC[C@@H]1N1CN5[C@@H]2CC[C@@H]3N5C(C)(C)N41. The average Bonchev–Trinajstić information content (AvgIpc) is 2.37. The van der Waals surface area contributed by atoms with Crippen LogP contribution in [0.15, 0.2) is 0 Å². The Morgan fingerprint density at radius 1 is 0.789 bits per heavy atom. The number of fused-ring (bicyclic) bond motifs is 2. The maximum absolute atomic E-state index is 2.79. The zero-order valence-electron chi connectivity index (χ0n) is 12.2. The molecule has 9 fully saturated rings. The lowest BCUT2D eigenvalue weighted by atomic mass is 9.47. The molecular formula is C15H24N4. The van der Waals surface area contributed by atoms with Crippen LogP contribution >= 0.6 is 0 Å². The van der Waals surface area contributed by atoms with Gasteiger partial charge < -0.3 is 0 Å². The van der Waals surface area contributed by atoms with Gasteiger partial charge in [0, 0.05) is 35.5 Å². The van der Waals surface area contributed by atoms with Crippen molar-refractivity contribution in [3.8, 4) is 0 Å². The van der Waals surface area contributed by atoms with Crippen molar-refractivity contribution < 1.29 is 0 Å². The summed E-state index contributed by atoms with van der Waals surface area (Å²) < 4.78 is 0. The maximum Gasteiger partial charge on any atom is 0.0955 e. The topological polar surface area (TPSA) is 13.0 Å². The van der Waals surface area contributed by atoms with Crippen LogP contribution in [0.25, 0.3) is 0 Å². The molecule has 9 rings (SSSR count). The van der Waals surface area contributed by atoms with Crippen LogP contribution < -0.4 is 0 Å². The highest BCUT2D eigenvalue weighted by atomic mass is 15.9. The van der Waals surface area contributed by atoms with E-state index in [1.165, 1.54) is 32.4 Å². The van der Waals surface area contributed by atoms with Crippen molar-refractivity contribution in [3.63, 3.8) is 0 Å². The molecule has 2 saturated carbocycles. The Hall–Kier alpha value is -0.160. The molecule has 10 atom stereocenters. The van der Waals surface area contributed by atoms with Crippen LogP contribution in [-0.4, -0.2) is 56.5 Å². The normalized spacial score (nSPS) is 73.1. The van der Waals surface area contributed by atoms with Crippen LogP contribution in [0, 0.1) is 11.3 Å². The summed E-state index contributed by atoms with van der Waals surface area (Å²) in [5.74, 6) is 0.936. The molecule has 0 aromatic heterocycles. The molecule has 104 valence electrons. The third-order valence-electron chi connectivity index (χ3n) is 7.77. The first-order valence-electron chi connectivity index (χ1n) is 8.18. The molecule has 0 spiro atoms. The van der Waals surface area contributed by atoms with Gasteiger partial charge in [-0.05, 0) is 39.5 Å². The lowest BCUT2D eigenvalue weighted by molar-refractivity contribution is -0.492. The van der Waals surface area contributed by atoms with Gasteiger partial charge in [0.25, 0.3) is 0 Å². The Labute approximate surface area is 115 Å². The monoisotopic (exact) mass is 260 g/mol. The van der Waals surface area contributed by atoms with Crippen molar-refractivity contribution in [1.29, 1.82) is 0 Å². The number of hydrazine groups is 2. The van der Waals surface area contributed by atoms with E-state index in [0.29, 0.717) is 5.41 Å². The Morgan fingerprint density at radius 3 is 1.84 bits per heavy atom. The van der Waals surface area contributed by atoms with E-state index >= 15 is 0 Å². The van der Waals surface area contributed by atoms with E-state index in [1.807, 2.05) is 0 Å². The van der Waals surface area contributed by atoms with Crippen LogP contribution in [0.5, 0.6) is 0 Å². The fourth-order valence-electron chi connectivity index (χ4n) is 7.59. The second-order valence-electron chi connectivity index (χ2n) is 8.42. The summed E-state index contributed by atoms with van der Waals surface area (Å²) in [6.45, 7) is 8.73. The molecule has 10 bridgehead atoms. The second kappa shape index (κ2) is 2.63. The maximum atomic E-state index is 2.79. The van der Waals surface area contributed by atoms with Gasteiger partial charge in [0.1, 0.15) is 0 Å². The van der Waals surface area contributed by atoms with Crippen molar-refractivity contribution >= 4 is 0 Å². The molecule has 0 aromatic rings. The number of nitrogens with zero attached hydrogens (tertiary/aromatic N) is 4. The largest absolute Gasteiger partial charge is 0.220 e. The predicted molar refractivity (Wildman–Crippen MR) is 71.5 cm³/mol. The van der Waals surface area contributed by atoms with Gasteiger partial charge in [-0.25, -0.2) is 20.0 Å². The Balaban J connectivity index is 1.69. The molecule has 4 nitrogen and oxygen atoms in total. The highest BCUT2D eigenvalue weighted by Crippen LogP contribution is 2.69. The van der Waals surface area contributed by atoms with Crippen LogP contribution in [0.3, 0.4) is 0 Å². The molecule has 2 aliphatic carbocycles. The molecule has 0 amide bonds. The van der Waals surface area contributed by atoms with Gasteiger partial charge in [-0.1, -0.05) is 6.92 Å². The van der Waals surface area contributed by atoms with E-state index in [2.05, 4.69) is 40.8 Å². The molecule has 6 unspecified atom stereocenters. The first-order valence-corrected chi connectivity index (χ1v) is 8.18. The van der Waals surface area contributed by atoms with Crippen molar-refractivity contribution in [3.05, 3.63) is 0 Å². The van der Waals surface area contributed by atoms with Gasteiger partial charge in [-0.2, -0.15) is 0 Å². The van der Waals surface area contributed by atoms with E-state index in [9.17, 15) is 0 Å². The first kappa shape index (κ1) is 10.6. The van der Waals surface area contributed by atoms with Crippen molar-refractivity contribution in [2.45, 2.75) is 76.3 Å². The van der Waals surface area contributed by atoms with Gasteiger partial charge in [0.05, 0.1) is 12.3 Å². The Morgan fingerprint density at radius 2 is 1.32 bits per heavy atom. The van der Waals surface area contributed by atoms with E-state index in [0.717, 1.165) is 30.1 Å². The highest BCUT2D eigenvalue weighted by molar-refractivity contribution is 5.25. The van der Waals surface area contributed by atoms with Crippen LogP contribution in [-0.2, 0) is 0 Å². The average molecular weight is 260 g/mol. The van der Waals surface area contributed by atoms with Crippen LogP contribution in [0.4, 0.5) is 0 Å². The molecule has 0 aromatic carbocycles. The number of hydrogen-bond acceptors (Lipinski definition) is 4. The van der Waals surface area contributed by atoms with Gasteiger partial charge >= 0.3 is 0 Å². The van der Waals surface area contributed by atoms with Crippen LogP contribution in [0.2, 0.25) is 0 Å². The van der Waals surface area contributed by atoms with E-state index in [-0.39, 0.29) is 5.66 Å². The Kier molecular flexibility index (Phi) is 1.46. The molecule has 0 radical (unpaired) electrons. The second-order valence-corrected chi connectivity index (χ2v) is 8.42. The fourth-order valence-corrected chi connectivity index (χ4v) is 7.59. The summed E-state index contributed by atoms with van der Waals surface area (Å²) in [6, 6.07) is 3.31. The lowest BCUT2D eigenvalue weighted by Crippen LogP contribution is -2.98. The van der Waals surface area contributed by atoms with Gasteiger partial charge in [-0.15, -0.1) is 0 Å². The minimum absolute atomic E-state index is 0.211. The van der Waals surface area contributed by atoms with Crippen molar-refractivity contribution in [1.82, 2.24) is 20.0 Å². The summed E-state index contributed by atoms with van der Waals surface area (Å²) in [5, 5.41) is 11.1. The van der Waals surface area contributed by atoms with Crippen LogP contribution in [0.1, 0.15) is 46.5 Å². The third-order valence-corrected chi connectivity index (χ3v) is 7.77. The third kappa shape index (κ3) is 0.778. The highest BCUT2D eigenvalue weighted by Gasteiger charge is 2.78. The van der Waals surface area contributed by atoms with Crippen molar-refractivity contribution in [2.75, 3.05) is 6.67 Å². The molecule has 7 heterocycles. The Bertz CT molecular complexity index is 453. The molecule has 19 heavy (non-hydrogen) atoms. The van der Waals surface area contributed by atoms with Gasteiger partial charge in [-0.3, -0.25) is 0 Å². The van der Waals surface area contributed by atoms with Crippen molar-refractivity contribution in [2.24, 2.45) is 11.3 Å².